The van der Waals surface area contributed by atoms with Crippen LogP contribution >= 0.6 is 0 Å². The van der Waals surface area contributed by atoms with E-state index in [1.54, 1.807) is 5.57 Å². The lowest BCUT2D eigenvalue weighted by atomic mass is 9.95. The third-order valence-electron chi connectivity index (χ3n) is 2.94. The average molecular weight is 168 g/mol. The summed E-state index contributed by atoms with van der Waals surface area (Å²) in [6, 6.07) is 8.71. The van der Waals surface area contributed by atoms with E-state index < -0.39 is 0 Å². The van der Waals surface area contributed by atoms with Gasteiger partial charge >= 0.3 is 0 Å². The highest BCUT2D eigenvalue weighted by molar-refractivity contribution is 5.82. The first kappa shape index (κ1) is 7.14. The van der Waals surface area contributed by atoms with Gasteiger partial charge in [-0.3, -0.25) is 0 Å². The van der Waals surface area contributed by atoms with Gasteiger partial charge in [-0.15, -0.1) is 0 Å². The van der Waals surface area contributed by atoms with E-state index in [9.17, 15) is 0 Å². The van der Waals surface area contributed by atoms with E-state index in [1.165, 1.54) is 35.3 Å². The second kappa shape index (κ2) is 2.59. The van der Waals surface area contributed by atoms with Gasteiger partial charge in [0.1, 0.15) is 0 Å². The van der Waals surface area contributed by atoms with Gasteiger partial charge < -0.3 is 0 Å². The molecule has 0 aliphatic heterocycles. The maximum atomic E-state index is 2.37. The van der Waals surface area contributed by atoms with Gasteiger partial charge in [-0.25, -0.2) is 0 Å². The first-order valence-corrected chi connectivity index (χ1v) is 4.96. The largest absolute Gasteiger partial charge is 0.0769 e. The summed E-state index contributed by atoms with van der Waals surface area (Å²) in [6.45, 7) is 0. The van der Waals surface area contributed by atoms with Gasteiger partial charge in [-0.2, -0.15) is 0 Å². The number of hydrogen-bond acceptors (Lipinski definition) is 0. The summed E-state index contributed by atoms with van der Waals surface area (Å²) in [5.41, 5.74) is 3.05. The van der Waals surface area contributed by atoms with Crippen LogP contribution in [0.4, 0.5) is 0 Å². The van der Waals surface area contributed by atoms with Crippen LogP contribution < -0.4 is 10.4 Å². The third-order valence-corrected chi connectivity index (χ3v) is 2.94. The summed E-state index contributed by atoms with van der Waals surface area (Å²) >= 11 is 0. The predicted octanol–water partition coefficient (Wildman–Crippen LogP) is 1.74. The van der Waals surface area contributed by atoms with Crippen LogP contribution in [-0.4, -0.2) is 0 Å². The molecule has 0 N–H and O–H groups in total. The molecule has 2 aliphatic carbocycles. The van der Waals surface area contributed by atoms with E-state index >= 15 is 0 Å². The fourth-order valence-electron chi connectivity index (χ4n) is 2.31. The maximum absolute atomic E-state index is 2.37. The minimum atomic E-state index is 1.25. The van der Waals surface area contributed by atoms with Gasteiger partial charge in [-0.1, -0.05) is 30.3 Å². The first-order chi connectivity index (χ1) is 6.45. The molecule has 0 radical (unpaired) electrons. The Morgan fingerprint density at radius 2 is 2.00 bits per heavy atom. The Kier molecular flexibility index (Phi) is 1.42. The molecule has 0 spiro atoms. The number of rotatable bonds is 0. The van der Waals surface area contributed by atoms with Crippen molar-refractivity contribution in [3.8, 4) is 0 Å². The lowest BCUT2D eigenvalue weighted by molar-refractivity contribution is 0.855. The normalized spacial score (nSPS) is 18.8. The van der Waals surface area contributed by atoms with Crippen molar-refractivity contribution < 1.29 is 0 Å². The molecule has 0 atom stereocenters. The molecule has 0 bridgehead atoms. The van der Waals surface area contributed by atoms with Crippen LogP contribution in [0, 0.1) is 0 Å². The molecule has 2 aliphatic rings. The molecule has 0 fully saturated rings. The smallest absolute Gasteiger partial charge is 0.0146 e. The molecular weight excluding hydrogens is 156 g/mol. The molecule has 1 aromatic rings. The van der Waals surface area contributed by atoms with E-state index in [4.69, 9.17) is 0 Å². The average Bonchev–Trinajstić information content (AvgIpc) is 2.56. The summed E-state index contributed by atoms with van der Waals surface area (Å²) in [4.78, 5) is 0. The van der Waals surface area contributed by atoms with E-state index in [2.05, 4.69) is 36.4 Å². The van der Waals surface area contributed by atoms with E-state index in [0.29, 0.717) is 0 Å². The van der Waals surface area contributed by atoms with Gasteiger partial charge in [0.25, 0.3) is 0 Å². The van der Waals surface area contributed by atoms with Crippen LogP contribution in [0.5, 0.6) is 0 Å². The molecule has 0 heteroatoms. The Labute approximate surface area is 77.9 Å². The standard InChI is InChI=1S/C13H12/c1-3-7-12-10(5-1)9-11-6-2-4-8-13(11)12/h1,3,5-7,9H,2,4,8H2. The quantitative estimate of drug-likeness (QED) is 0.553. The Balaban J connectivity index is 2.43. The SMILES string of the molecule is C1=C2C=c3ccccc3=C2CCC1. The van der Waals surface area contributed by atoms with Gasteiger partial charge in [-0.05, 0) is 46.9 Å². The molecule has 0 saturated carbocycles. The monoisotopic (exact) mass is 168 g/mol. The Morgan fingerprint density at radius 1 is 1.08 bits per heavy atom. The number of benzene rings is 1. The van der Waals surface area contributed by atoms with Crippen molar-refractivity contribution in [1.29, 1.82) is 0 Å². The molecule has 0 amide bonds. The topological polar surface area (TPSA) is 0 Å². The van der Waals surface area contributed by atoms with Gasteiger partial charge in [0, 0.05) is 0 Å². The summed E-state index contributed by atoms with van der Waals surface area (Å²) in [7, 11) is 0. The van der Waals surface area contributed by atoms with Crippen molar-refractivity contribution in [2.45, 2.75) is 19.3 Å². The molecule has 64 valence electrons. The number of hydrogen-bond donors (Lipinski definition) is 0. The second-order valence-electron chi connectivity index (χ2n) is 3.76. The minimum absolute atomic E-state index is 1.25. The Hall–Kier alpha value is -1.30. The Morgan fingerprint density at radius 3 is 3.00 bits per heavy atom. The summed E-state index contributed by atoms with van der Waals surface area (Å²) in [5.74, 6) is 0. The number of fused-ring (bicyclic) bond motifs is 2. The van der Waals surface area contributed by atoms with Crippen LogP contribution in [0.3, 0.4) is 0 Å². The first-order valence-electron chi connectivity index (χ1n) is 4.96. The second-order valence-corrected chi connectivity index (χ2v) is 3.76. The van der Waals surface area contributed by atoms with Crippen molar-refractivity contribution in [2.24, 2.45) is 0 Å². The summed E-state index contributed by atoms with van der Waals surface area (Å²) in [5, 5.41) is 2.87. The minimum Gasteiger partial charge on any atom is -0.0769 e. The summed E-state index contributed by atoms with van der Waals surface area (Å²) < 4.78 is 0. The molecule has 13 heavy (non-hydrogen) atoms. The van der Waals surface area contributed by atoms with Crippen molar-refractivity contribution in [3.63, 3.8) is 0 Å². The number of allylic oxidation sites excluding steroid dienone is 2. The van der Waals surface area contributed by atoms with Crippen LogP contribution in [0.1, 0.15) is 19.3 Å². The van der Waals surface area contributed by atoms with Crippen molar-refractivity contribution in [3.05, 3.63) is 46.4 Å². The highest BCUT2D eigenvalue weighted by Crippen LogP contribution is 2.26. The van der Waals surface area contributed by atoms with Gasteiger partial charge in [0.2, 0.25) is 0 Å². The van der Waals surface area contributed by atoms with Crippen molar-refractivity contribution in [1.82, 2.24) is 0 Å². The molecule has 0 saturated heterocycles. The van der Waals surface area contributed by atoms with Crippen molar-refractivity contribution >= 4 is 11.6 Å². The predicted molar refractivity (Wildman–Crippen MR) is 55.5 cm³/mol. The van der Waals surface area contributed by atoms with E-state index in [1.807, 2.05) is 0 Å². The lowest BCUT2D eigenvalue weighted by Crippen LogP contribution is -2.21. The Bertz CT molecular complexity index is 489. The fourth-order valence-corrected chi connectivity index (χ4v) is 2.31. The molecule has 0 heterocycles. The lowest BCUT2D eigenvalue weighted by Gasteiger charge is -2.10. The zero-order valence-electron chi connectivity index (χ0n) is 7.59. The third kappa shape index (κ3) is 0.983. The molecule has 1 aromatic carbocycles. The zero-order chi connectivity index (χ0) is 8.67. The van der Waals surface area contributed by atoms with Crippen LogP contribution in [0.25, 0.3) is 11.6 Å². The highest BCUT2D eigenvalue weighted by Gasteiger charge is 2.12. The van der Waals surface area contributed by atoms with Gasteiger partial charge in [0.05, 0.1) is 0 Å². The van der Waals surface area contributed by atoms with Crippen LogP contribution in [0.15, 0.2) is 35.9 Å². The van der Waals surface area contributed by atoms with Gasteiger partial charge in [0.15, 0.2) is 0 Å². The van der Waals surface area contributed by atoms with Crippen molar-refractivity contribution in [2.75, 3.05) is 0 Å². The van der Waals surface area contributed by atoms with E-state index in [0.717, 1.165) is 0 Å². The summed E-state index contributed by atoms with van der Waals surface area (Å²) in [6.07, 6.45) is 8.53. The maximum Gasteiger partial charge on any atom is -0.0146 e. The molecule has 0 nitrogen and oxygen atoms in total. The fraction of sp³-hybridized carbons (Fsp3) is 0.231. The van der Waals surface area contributed by atoms with E-state index in [-0.39, 0.29) is 0 Å². The zero-order valence-corrected chi connectivity index (χ0v) is 7.59. The highest BCUT2D eigenvalue weighted by atomic mass is 14.2. The molecular formula is C13H12. The van der Waals surface area contributed by atoms with Crippen LogP contribution in [-0.2, 0) is 0 Å². The molecule has 3 rings (SSSR count). The van der Waals surface area contributed by atoms with Crippen LogP contribution in [0.2, 0.25) is 0 Å². The molecule has 0 aromatic heterocycles. The molecule has 0 unspecified atom stereocenters.